The molecule has 0 aromatic carbocycles. The monoisotopic (exact) mass is 480 g/mol. The van der Waals surface area contributed by atoms with Crippen LogP contribution < -0.4 is 4.57 Å². The first-order valence-electron chi connectivity index (χ1n) is 14.5. The molecule has 1 fully saturated rings. The Morgan fingerprint density at radius 1 is 0.818 bits per heavy atom. The van der Waals surface area contributed by atoms with Crippen molar-refractivity contribution in [3.05, 3.63) is 17.1 Å². The third kappa shape index (κ3) is 16.0. The van der Waals surface area contributed by atoms with Crippen LogP contribution in [0.15, 0.2) is 17.1 Å². The van der Waals surface area contributed by atoms with Crippen LogP contribution in [0.3, 0.4) is 0 Å². The smallest absolute Gasteiger partial charge is 0.224 e. The normalized spacial score (nSPS) is 18.3. The summed E-state index contributed by atoms with van der Waals surface area (Å²) < 4.78 is 14.2. The molecule has 0 N–H and O–H groups in total. The van der Waals surface area contributed by atoms with Gasteiger partial charge in [-0.05, 0) is 31.6 Å². The van der Waals surface area contributed by atoms with Gasteiger partial charge in [-0.3, -0.25) is 0 Å². The van der Waals surface area contributed by atoms with Crippen LogP contribution in [0.1, 0.15) is 129 Å². The molecule has 33 heavy (non-hydrogen) atoms. The van der Waals surface area contributed by atoms with Gasteiger partial charge in [0.2, 0.25) is 5.51 Å². The van der Waals surface area contributed by atoms with Crippen molar-refractivity contribution in [2.75, 3.05) is 19.8 Å². The molecule has 192 valence electrons. The Morgan fingerprint density at radius 2 is 1.45 bits per heavy atom. The van der Waals surface area contributed by atoms with Gasteiger partial charge in [-0.25, -0.2) is 0 Å². The van der Waals surface area contributed by atoms with E-state index in [9.17, 15) is 0 Å². The standard InChI is InChI=1S/C29H54NO2S/c1-2-3-4-5-6-7-8-9-10-11-13-16-19-28-24-29(32-25-28)26-31-22-18-15-12-14-17-20-30-21-23-33-27-30/h21,23,27-29H,2-20,22,24-26H2,1H3/q+1/t28-,29+/m0/s1. The van der Waals surface area contributed by atoms with Gasteiger partial charge in [0.15, 0.2) is 6.20 Å². The molecule has 4 heteroatoms. The van der Waals surface area contributed by atoms with Crippen LogP contribution in [-0.2, 0) is 16.0 Å². The molecule has 0 aliphatic carbocycles. The molecule has 2 heterocycles. The van der Waals surface area contributed by atoms with E-state index >= 15 is 0 Å². The number of hydrogen-bond acceptors (Lipinski definition) is 3. The Labute approximate surface area is 209 Å². The summed E-state index contributed by atoms with van der Waals surface area (Å²) in [5, 5.41) is 2.15. The first-order valence-corrected chi connectivity index (χ1v) is 15.4. The summed E-state index contributed by atoms with van der Waals surface area (Å²) in [5.41, 5.74) is 2.20. The highest BCUT2D eigenvalue weighted by Gasteiger charge is 2.24. The topological polar surface area (TPSA) is 22.3 Å². The fourth-order valence-corrected chi connectivity index (χ4v) is 5.63. The number of ether oxygens (including phenoxy) is 2. The fraction of sp³-hybridized carbons (Fsp3) is 0.897. The molecule has 2 rings (SSSR count). The van der Waals surface area contributed by atoms with Crippen molar-refractivity contribution in [1.82, 2.24) is 0 Å². The number of unbranched alkanes of at least 4 members (excludes halogenated alkanes) is 15. The van der Waals surface area contributed by atoms with Crippen LogP contribution >= 0.6 is 11.3 Å². The SMILES string of the molecule is CCCCCCCCCCCCCC[C@@H]1CO[C@@H](COCCCCCCC[n+]2ccsc2)C1. The number of aromatic nitrogens is 1. The number of nitrogens with zero attached hydrogens (tertiary/aromatic N) is 1. The van der Waals surface area contributed by atoms with Crippen LogP contribution in [0.4, 0.5) is 0 Å². The molecular formula is C29H54NO2S+. The second-order valence-electron chi connectivity index (χ2n) is 10.3. The molecule has 0 spiro atoms. The van der Waals surface area contributed by atoms with E-state index in [0.717, 1.165) is 25.7 Å². The van der Waals surface area contributed by atoms with Gasteiger partial charge in [-0.2, -0.15) is 4.57 Å². The summed E-state index contributed by atoms with van der Waals surface area (Å²) >= 11 is 1.77. The van der Waals surface area contributed by atoms with Crippen molar-refractivity contribution in [2.24, 2.45) is 5.92 Å². The Hall–Kier alpha value is -0.450. The lowest BCUT2D eigenvalue weighted by Crippen LogP contribution is -2.29. The highest BCUT2D eigenvalue weighted by molar-refractivity contribution is 7.07. The average molecular weight is 481 g/mol. The zero-order valence-corrected chi connectivity index (χ0v) is 22.6. The summed E-state index contributed by atoms with van der Waals surface area (Å²) in [7, 11) is 0. The van der Waals surface area contributed by atoms with E-state index in [1.54, 1.807) is 11.3 Å². The molecule has 0 saturated carbocycles. The Balaban J connectivity index is 1.27. The molecule has 1 aromatic heterocycles. The van der Waals surface area contributed by atoms with Crippen LogP contribution in [0, 0.1) is 5.92 Å². The van der Waals surface area contributed by atoms with Crippen molar-refractivity contribution in [1.29, 1.82) is 0 Å². The molecule has 1 aliphatic heterocycles. The van der Waals surface area contributed by atoms with Gasteiger partial charge in [0.1, 0.15) is 6.54 Å². The largest absolute Gasteiger partial charge is 0.379 e. The van der Waals surface area contributed by atoms with E-state index in [1.807, 2.05) is 0 Å². The molecule has 0 bridgehead atoms. The minimum Gasteiger partial charge on any atom is -0.379 e. The Morgan fingerprint density at radius 3 is 2.12 bits per heavy atom. The first-order chi connectivity index (χ1) is 16.4. The molecule has 0 unspecified atom stereocenters. The lowest BCUT2D eigenvalue weighted by atomic mass is 9.97. The summed E-state index contributed by atoms with van der Waals surface area (Å²) in [6.45, 7) is 6.14. The minimum absolute atomic E-state index is 0.356. The summed E-state index contributed by atoms with van der Waals surface area (Å²) in [6, 6.07) is 0. The van der Waals surface area contributed by atoms with Crippen LogP contribution in [-0.4, -0.2) is 25.9 Å². The second kappa shape index (κ2) is 20.9. The van der Waals surface area contributed by atoms with Gasteiger partial charge in [-0.15, -0.1) is 0 Å². The number of rotatable bonds is 23. The van der Waals surface area contributed by atoms with Crippen molar-refractivity contribution in [3.8, 4) is 0 Å². The van der Waals surface area contributed by atoms with E-state index in [1.165, 1.54) is 129 Å². The zero-order valence-electron chi connectivity index (χ0n) is 21.8. The van der Waals surface area contributed by atoms with E-state index in [2.05, 4.69) is 28.6 Å². The molecule has 2 atom stereocenters. The zero-order chi connectivity index (χ0) is 23.2. The van der Waals surface area contributed by atoms with E-state index in [4.69, 9.17) is 9.47 Å². The maximum absolute atomic E-state index is 5.99. The maximum atomic E-state index is 5.99. The van der Waals surface area contributed by atoms with Crippen LogP contribution in [0.2, 0.25) is 0 Å². The Kier molecular flexibility index (Phi) is 18.2. The minimum atomic E-state index is 0.356. The molecule has 1 saturated heterocycles. The van der Waals surface area contributed by atoms with Gasteiger partial charge in [-0.1, -0.05) is 108 Å². The first kappa shape index (κ1) is 28.8. The second-order valence-corrected chi connectivity index (χ2v) is 11.1. The van der Waals surface area contributed by atoms with Crippen molar-refractivity contribution in [2.45, 2.75) is 142 Å². The summed E-state index contributed by atoms with van der Waals surface area (Å²) in [6.07, 6.45) is 28.8. The van der Waals surface area contributed by atoms with Crippen molar-refractivity contribution in [3.63, 3.8) is 0 Å². The molecule has 0 radical (unpaired) electrons. The van der Waals surface area contributed by atoms with Gasteiger partial charge in [0.25, 0.3) is 0 Å². The average Bonchev–Trinajstić information content (AvgIpc) is 3.51. The highest BCUT2D eigenvalue weighted by atomic mass is 32.1. The van der Waals surface area contributed by atoms with Crippen LogP contribution in [0.25, 0.3) is 0 Å². The third-order valence-corrected chi connectivity index (χ3v) is 7.84. The van der Waals surface area contributed by atoms with Crippen LogP contribution in [0.5, 0.6) is 0 Å². The predicted octanol–water partition coefficient (Wildman–Crippen LogP) is 8.50. The quantitative estimate of drug-likeness (QED) is 0.116. The molecule has 1 aromatic rings. The van der Waals surface area contributed by atoms with E-state index in [-0.39, 0.29) is 0 Å². The van der Waals surface area contributed by atoms with Gasteiger partial charge in [0.05, 0.1) is 18.1 Å². The lowest BCUT2D eigenvalue weighted by molar-refractivity contribution is -0.692. The Bertz CT molecular complexity index is 522. The molecular weight excluding hydrogens is 426 g/mol. The van der Waals surface area contributed by atoms with Crippen molar-refractivity contribution >= 4 is 11.3 Å². The van der Waals surface area contributed by atoms with E-state index < -0.39 is 0 Å². The van der Waals surface area contributed by atoms with Crippen molar-refractivity contribution < 1.29 is 14.0 Å². The number of aryl methyl sites for hydroxylation is 1. The molecule has 1 aliphatic rings. The number of hydrogen-bond donors (Lipinski definition) is 0. The predicted molar refractivity (Wildman–Crippen MR) is 142 cm³/mol. The van der Waals surface area contributed by atoms with E-state index in [0.29, 0.717) is 6.10 Å². The summed E-state index contributed by atoms with van der Waals surface area (Å²) in [5.74, 6) is 0.780. The van der Waals surface area contributed by atoms with Gasteiger partial charge >= 0.3 is 0 Å². The number of thiazole rings is 1. The fourth-order valence-electron chi connectivity index (χ4n) is 5.00. The molecule has 3 nitrogen and oxygen atoms in total. The summed E-state index contributed by atoms with van der Waals surface area (Å²) in [4.78, 5) is 0. The maximum Gasteiger partial charge on any atom is 0.224 e. The van der Waals surface area contributed by atoms with Gasteiger partial charge < -0.3 is 9.47 Å². The third-order valence-electron chi connectivity index (χ3n) is 7.17. The van der Waals surface area contributed by atoms with Gasteiger partial charge in [0, 0.05) is 19.6 Å². The molecule has 0 amide bonds. The lowest BCUT2D eigenvalue weighted by Gasteiger charge is -2.10. The highest BCUT2D eigenvalue weighted by Crippen LogP contribution is 2.25.